The van der Waals surface area contributed by atoms with Gasteiger partial charge in [-0.05, 0) is 30.0 Å². The molecule has 0 saturated carbocycles. The van der Waals surface area contributed by atoms with Crippen molar-refractivity contribution in [3.63, 3.8) is 0 Å². The van der Waals surface area contributed by atoms with E-state index in [4.69, 9.17) is 16.7 Å². The molecule has 0 spiro atoms. The molecule has 0 fully saturated rings. The van der Waals surface area contributed by atoms with Gasteiger partial charge < -0.3 is 5.11 Å². The third-order valence-electron chi connectivity index (χ3n) is 2.27. The van der Waals surface area contributed by atoms with Crippen molar-refractivity contribution in [2.75, 3.05) is 5.88 Å². The summed E-state index contributed by atoms with van der Waals surface area (Å²) >= 11 is 5.51. The molecule has 1 aromatic carbocycles. The number of hydrogen-bond acceptors (Lipinski definition) is 1. The Balaban J connectivity index is 2.68. The van der Waals surface area contributed by atoms with Crippen LogP contribution in [-0.2, 0) is 11.2 Å². The van der Waals surface area contributed by atoms with Crippen molar-refractivity contribution in [1.29, 1.82) is 0 Å². The highest BCUT2D eigenvalue weighted by molar-refractivity contribution is 6.17. The quantitative estimate of drug-likeness (QED) is 0.791. The third-order valence-corrected chi connectivity index (χ3v) is 2.49. The Labute approximate surface area is 105 Å². The second-order valence-corrected chi connectivity index (χ2v) is 4.00. The predicted molar refractivity (Wildman–Crippen MR) is 66.7 cm³/mol. The van der Waals surface area contributed by atoms with Crippen molar-refractivity contribution in [2.45, 2.75) is 19.3 Å². The first-order chi connectivity index (χ1) is 8.13. The predicted octanol–water partition coefficient (Wildman–Crippen LogP) is 3.49. The van der Waals surface area contributed by atoms with E-state index in [1.54, 1.807) is 18.2 Å². The molecule has 0 radical (unpaired) electrons. The molecule has 0 aliphatic carbocycles. The van der Waals surface area contributed by atoms with Gasteiger partial charge in [0.1, 0.15) is 5.82 Å². The van der Waals surface area contributed by atoms with Crippen LogP contribution < -0.4 is 0 Å². The zero-order valence-corrected chi connectivity index (χ0v) is 10.1. The summed E-state index contributed by atoms with van der Waals surface area (Å²) in [5.41, 5.74) is 1.19. The highest BCUT2D eigenvalue weighted by Gasteiger charge is 2.05. The van der Waals surface area contributed by atoms with Gasteiger partial charge in [0.05, 0.1) is 0 Å². The summed E-state index contributed by atoms with van der Waals surface area (Å²) in [6, 6.07) is 4.80. The van der Waals surface area contributed by atoms with Crippen LogP contribution in [0.15, 0.2) is 24.3 Å². The molecular weight excluding hydrogens is 243 g/mol. The van der Waals surface area contributed by atoms with Crippen molar-refractivity contribution < 1.29 is 14.3 Å². The van der Waals surface area contributed by atoms with E-state index in [0.29, 0.717) is 11.4 Å². The fourth-order valence-electron chi connectivity index (χ4n) is 1.39. The lowest BCUT2D eigenvalue weighted by atomic mass is 10.1. The van der Waals surface area contributed by atoms with Crippen LogP contribution >= 0.6 is 11.6 Å². The molecule has 0 bridgehead atoms. The summed E-state index contributed by atoms with van der Waals surface area (Å²) in [6.45, 7) is 0. The highest BCUT2D eigenvalue weighted by Crippen LogP contribution is 2.14. The molecule has 1 aromatic rings. The number of allylic oxidation sites excluding steroid dienone is 1. The molecule has 0 saturated heterocycles. The summed E-state index contributed by atoms with van der Waals surface area (Å²) in [5, 5.41) is 8.52. The van der Waals surface area contributed by atoms with E-state index in [0.717, 1.165) is 12.0 Å². The molecule has 0 aliphatic rings. The fourth-order valence-corrected chi connectivity index (χ4v) is 1.52. The zero-order chi connectivity index (χ0) is 12.7. The van der Waals surface area contributed by atoms with Crippen molar-refractivity contribution in [3.05, 3.63) is 41.2 Å². The number of benzene rings is 1. The van der Waals surface area contributed by atoms with Gasteiger partial charge in [0, 0.05) is 12.3 Å². The summed E-state index contributed by atoms with van der Waals surface area (Å²) in [5.74, 6) is -0.745. The Kier molecular flexibility index (Phi) is 5.70. The number of alkyl halides is 1. The minimum atomic E-state index is -0.921. The van der Waals surface area contributed by atoms with Gasteiger partial charge in [-0.15, -0.1) is 11.6 Å². The monoisotopic (exact) mass is 256 g/mol. The van der Waals surface area contributed by atoms with Crippen molar-refractivity contribution in [1.82, 2.24) is 0 Å². The lowest BCUT2D eigenvalue weighted by Crippen LogP contribution is -1.99. The van der Waals surface area contributed by atoms with Gasteiger partial charge in [-0.3, -0.25) is 4.79 Å². The Morgan fingerprint density at radius 1 is 1.47 bits per heavy atom. The molecule has 0 aliphatic heterocycles. The molecule has 1 rings (SSSR count). The number of carboxylic acids is 1. The Bertz CT molecular complexity index is 416. The molecule has 0 unspecified atom stereocenters. The van der Waals surface area contributed by atoms with Crippen LogP contribution in [0, 0.1) is 5.82 Å². The van der Waals surface area contributed by atoms with Crippen LogP contribution in [0.2, 0.25) is 0 Å². The van der Waals surface area contributed by atoms with Gasteiger partial charge in [-0.25, -0.2) is 4.39 Å². The maximum Gasteiger partial charge on any atom is 0.303 e. The molecule has 0 aromatic heterocycles. The van der Waals surface area contributed by atoms with Crippen LogP contribution in [0.3, 0.4) is 0 Å². The van der Waals surface area contributed by atoms with E-state index >= 15 is 0 Å². The first kappa shape index (κ1) is 13.7. The highest BCUT2D eigenvalue weighted by atomic mass is 35.5. The Morgan fingerprint density at radius 2 is 2.24 bits per heavy atom. The summed E-state index contributed by atoms with van der Waals surface area (Å²) in [6.07, 6.45) is 4.57. The first-order valence-corrected chi connectivity index (χ1v) is 5.89. The second kappa shape index (κ2) is 7.07. The minimum absolute atomic E-state index is 0.0572. The van der Waals surface area contributed by atoms with Gasteiger partial charge in [0.15, 0.2) is 0 Å². The lowest BCUT2D eigenvalue weighted by molar-refractivity contribution is -0.136. The Hall–Kier alpha value is -1.35. The summed E-state index contributed by atoms with van der Waals surface area (Å²) in [4.78, 5) is 10.4. The molecule has 0 heterocycles. The summed E-state index contributed by atoms with van der Waals surface area (Å²) in [7, 11) is 0. The van der Waals surface area contributed by atoms with Crippen molar-refractivity contribution in [3.8, 4) is 0 Å². The van der Waals surface area contributed by atoms with Crippen LogP contribution in [0.25, 0.3) is 6.08 Å². The minimum Gasteiger partial charge on any atom is -0.481 e. The van der Waals surface area contributed by atoms with E-state index in [1.165, 1.54) is 6.07 Å². The standard InChI is InChI=1S/C13H14ClFO2/c14-8-2-1-3-10-4-5-11(12(15)9-10)6-7-13(16)17/h1,3-5,9H,2,6-8H2,(H,16,17). The first-order valence-electron chi connectivity index (χ1n) is 5.36. The largest absolute Gasteiger partial charge is 0.481 e. The molecule has 2 nitrogen and oxygen atoms in total. The van der Waals surface area contributed by atoms with Gasteiger partial charge in [-0.2, -0.15) is 0 Å². The number of carboxylic acid groups (broad SMARTS) is 1. The van der Waals surface area contributed by atoms with Gasteiger partial charge in [0.25, 0.3) is 0 Å². The van der Waals surface area contributed by atoms with Gasteiger partial charge in [-0.1, -0.05) is 24.3 Å². The van der Waals surface area contributed by atoms with Crippen LogP contribution in [0.4, 0.5) is 4.39 Å². The lowest BCUT2D eigenvalue weighted by Gasteiger charge is -2.02. The maximum absolute atomic E-state index is 13.6. The average Bonchev–Trinajstić information content (AvgIpc) is 2.28. The van der Waals surface area contributed by atoms with E-state index in [-0.39, 0.29) is 18.7 Å². The van der Waals surface area contributed by atoms with E-state index in [1.807, 2.05) is 6.08 Å². The molecule has 17 heavy (non-hydrogen) atoms. The molecule has 0 atom stereocenters. The smallest absolute Gasteiger partial charge is 0.303 e. The molecule has 92 valence electrons. The number of hydrogen-bond donors (Lipinski definition) is 1. The second-order valence-electron chi connectivity index (χ2n) is 3.62. The van der Waals surface area contributed by atoms with Gasteiger partial charge >= 0.3 is 5.97 Å². The molecule has 4 heteroatoms. The molecule has 0 amide bonds. The number of aliphatic carboxylic acids is 1. The zero-order valence-electron chi connectivity index (χ0n) is 9.33. The Morgan fingerprint density at radius 3 is 2.82 bits per heavy atom. The van der Waals surface area contributed by atoms with Crippen molar-refractivity contribution >= 4 is 23.6 Å². The maximum atomic E-state index is 13.6. The number of carbonyl (C=O) groups is 1. The number of aryl methyl sites for hydroxylation is 1. The SMILES string of the molecule is O=C(O)CCc1ccc(C=CCCCl)cc1F. The van der Waals surface area contributed by atoms with Crippen LogP contribution in [-0.4, -0.2) is 17.0 Å². The summed E-state index contributed by atoms with van der Waals surface area (Å²) < 4.78 is 13.6. The molecule has 1 N–H and O–H groups in total. The van der Waals surface area contributed by atoms with E-state index < -0.39 is 5.97 Å². The molecular formula is C13H14ClFO2. The fraction of sp³-hybridized carbons (Fsp3) is 0.308. The normalized spacial score (nSPS) is 10.9. The van der Waals surface area contributed by atoms with E-state index in [9.17, 15) is 9.18 Å². The number of rotatable bonds is 6. The third kappa shape index (κ3) is 5.00. The van der Waals surface area contributed by atoms with Gasteiger partial charge in [0.2, 0.25) is 0 Å². The number of halogens is 2. The van der Waals surface area contributed by atoms with Crippen molar-refractivity contribution in [2.24, 2.45) is 0 Å². The van der Waals surface area contributed by atoms with E-state index in [2.05, 4.69) is 0 Å². The topological polar surface area (TPSA) is 37.3 Å². The average molecular weight is 257 g/mol. The van der Waals surface area contributed by atoms with Crippen LogP contribution in [0.1, 0.15) is 24.0 Å². The van der Waals surface area contributed by atoms with Crippen LogP contribution in [0.5, 0.6) is 0 Å².